The van der Waals surface area contributed by atoms with Gasteiger partial charge in [0.25, 0.3) is 5.91 Å². The Balaban J connectivity index is 1.27. The number of para-hydroxylation sites is 1. The summed E-state index contributed by atoms with van der Waals surface area (Å²) in [4.78, 5) is 25.5. The van der Waals surface area contributed by atoms with E-state index in [2.05, 4.69) is 5.32 Å². The van der Waals surface area contributed by atoms with Crippen LogP contribution in [0.5, 0.6) is 5.75 Å². The molecule has 1 aliphatic heterocycles. The quantitative estimate of drug-likeness (QED) is 0.729. The molecule has 0 aliphatic carbocycles. The van der Waals surface area contributed by atoms with Crippen LogP contribution in [0, 0.1) is 0 Å². The first-order chi connectivity index (χ1) is 13.2. The fourth-order valence-corrected chi connectivity index (χ4v) is 3.15. The number of rotatable bonds is 6. The van der Waals surface area contributed by atoms with Gasteiger partial charge in [-0.05, 0) is 42.8 Å². The lowest BCUT2D eigenvalue weighted by Gasteiger charge is -2.16. The predicted octanol–water partition coefficient (Wildman–Crippen LogP) is 3.25. The van der Waals surface area contributed by atoms with E-state index in [0.717, 1.165) is 29.6 Å². The molecule has 1 aliphatic rings. The van der Waals surface area contributed by atoms with Gasteiger partial charge in [-0.2, -0.15) is 0 Å². The molecule has 27 heavy (non-hydrogen) atoms. The summed E-state index contributed by atoms with van der Waals surface area (Å²) >= 11 is 0. The predicted molar refractivity (Wildman–Crippen MR) is 102 cm³/mol. The third-order valence-corrected chi connectivity index (χ3v) is 4.53. The molecule has 2 amide bonds. The van der Waals surface area contributed by atoms with Crippen LogP contribution in [-0.4, -0.2) is 25.0 Å². The van der Waals surface area contributed by atoms with Gasteiger partial charge in [0.15, 0.2) is 6.61 Å². The van der Waals surface area contributed by atoms with Crippen LogP contribution < -0.4 is 15.0 Å². The van der Waals surface area contributed by atoms with Gasteiger partial charge < -0.3 is 19.4 Å². The van der Waals surface area contributed by atoms with E-state index in [4.69, 9.17) is 9.15 Å². The first-order valence-electron chi connectivity index (χ1n) is 8.96. The zero-order valence-corrected chi connectivity index (χ0v) is 14.8. The number of amides is 2. The molecule has 0 bridgehead atoms. The zero-order valence-electron chi connectivity index (χ0n) is 14.8. The number of nitrogens with one attached hydrogen (secondary N) is 1. The van der Waals surface area contributed by atoms with E-state index < -0.39 is 0 Å². The summed E-state index contributed by atoms with van der Waals surface area (Å²) in [5.74, 6) is 1.20. The molecule has 4 rings (SSSR count). The average Bonchev–Trinajstić information content (AvgIpc) is 3.30. The minimum Gasteiger partial charge on any atom is -0.484 e. The monoisotopic (exact) mass is 364 g/mol. The molecule has 2 aromatic carbocycles. The molecule has 1 N–H and O–H groups in total. The van der Waals surface area contributed by atoms with Crippen LogP contribution in [0.15, 0.2) is 59.0 Å². The maximum Gasteiger partial charge on any atom is 0.258 e. The Bertz CT molecular complexity index is 929. The molecule has 1 saturated heterocycles. The maximum absolute atomic E-state index is 12.0. The van der Waals surface area contributed by atoms with Crippen molar-refractivity contribution in [1.82, 2.24) is 5.32 Å². The number of carbonyl (C=O) groups excluding carboxylic acids is 2. The average molecular weight is 364 g/mol. The van der Waals surface area contributed by atoms with Gasteiger partial charge in [-0.15, -0.1) is 0 Å². The van der Waals surface area contributed by atoms with Crippen LogP contribution in [-0.2, 0) is 16.1 Å². The molecule has 0 unspecified atom stereocenters. The summed E-state index contributed by atoms with van der Waals surface area (Å²) in [6, 6.07) is 16.8. The van der Waals surface area contributed by atoms with Crippen molar-refractivity contribution in [3.8, 4) is 5.75 Å². The molecule has 0 spiro atoms. The number of anilines is 1. The normalized spacial score (nSPS) is 13.9. The highest BCUT2D eigenvalue weighted by Gasteiger charge is 2.21. The van der Waals surface area contributed by atoms with E-state index in [1.807, 2.05) is 42.5 Å². The third-order valence-electron chi connectivity index (χ3n) is 4.53. The highest BCUT2D eigenvalue weighted by molar-refractivity contribution is 5.95. The largest absolute Gasteiger partial charge is 0.484 e. The lowest BCUT2D eigenvalue weighted by atomic mass is 10.2. The van der Waals surface area contributed by atoms with E-state index in [-0.39, 0.29) is 18.4 Å². The van der Waals surface area contributed by atoms with Crippen molar-refractivity contribution in [1.29, 1.82) is 0 Å². The Kier molecular flexibility index (Phi) is 4.78. The Morgan fingerprint density at radius 2 is 1.96 bits per heavy atom. The Morgan fingerprint density at radius 1 is 1.15 bits per heavy atom. The molecule has 6 heteroatoms. The molecule has 2 heterocycles. The summed E-state index contributed by atoms with van der Waals surface area (Å²) in [5.41, 5.74) is 1.66. The van der Waals surface area contributed by atoms with E-state index in [0.29, 0.717) is 24.5 Å². The van der Waals surface area contributed by atoms with Gasteiger partial charge in [0.2, 0.25) is 5.91 Å². The number of ether oxygens (including phenoxy) is 1. The fourth-order valence-electron chi connectivity index (χ4n) is 3.15. The van der Waals surface area contributed by atoms with Gasteiger partial charge in [-0.25, -0.2) is 0 Å². The van der Waals surface area contributed by atoms with E-state index in [1.165, 1.54) is 0 Å². The molecule has 0 radical (unpaired) electrons. The van der Waals surface area contributed by atoms with Crippen molar-refractivity contribution in [3.63, 3.8) is 0 Å². The van der Waals surface area contributed by atoms with Crippen molar-refractivity contribution >= 4 is 28.5 Å². The van der Waals surface area contributed by atoms with Crippen molar-refractivity contribution < 1.29 is 18.7 Å². The van der Waals surface area contributed by atoms with Crippen LogP contribution in [0.1, 0.15) is 18.6 Å². The number of hydrogen-bond donors (Lipinski definition) is 1. The third kappa shape index (κ3) is 3.95. The summed E-state index contributed by atoms with van der Waals surface area (Å²) in [7, 11) is 0. The van der Waals surface area contributed by atoms with Crippen molar-refractivity contribution in [3.05, 3.63) is 60.4 Å². The highest BCUT2D eigenvalue weighted by atomic mass is 16.5. The molecule has 3 aromatic rings. The second-order valence-corrected chi connectivity index (χ2v) is 6.46. The van der Waals surface area contributed by atoms with Crippen molar-refractivity contribution in [2.45, 2.75) is 19.4 Å². The van der Waals surface area contributed by atoms with Gasteiger partial charge >= 0.3 is 0 Å². The molecule has 0 saturated carbocycles. The summed E-state index contributed by atoms with van der Waals surface area (Å²) < 4.78 is 11.2. The van der Waals surface area contributed by atoms with E-state index in [9.17, 15) is 9.59 Å². The summed E-state index contributed by atoms with van der Waals surface area (Å²) in [6.45, 7) is 0.984. The number of hydrogen-bond acceptors (Lipinski definition) is 4. The van der Waals surface area contributed by atoms with Crippen LogP contribution >= 0.6 is 0 Å². The Labute approximate surface area is 156 Å². The lowest BCUT2D eigenvalue weighted by Crippen LogP contribution is -2.28. The second-order valence-electron chi connectivity index (χ2n) is 6.46. The summed E-state index contributed by atoms with van der Waals surface area (Å²) in [6.07, 6.45) is 1.49. The maximum atomic E-state index is 12.0. The van der Waals surface area contributed by atoms with Gasteiger partial charge in [-0.1, -0.05) is 18.2 Å². The Morgan fingerprint density at radius 3 is 2.70 bits per heavy atom. The SMILES string of the molecule is O=C(COc1ccc(N2CCCC2=O)cc1)NCc1cc2ccccc2o1. The molecular formula is C21H20N2O4. The fraction of sp³-hybridized carbons (Fsp3) is 0.238. The number of carbonyl (C=O) groups is 2. The number of nitrogens with zero attached hydrogens (tertiary/aromatic N) is 1. The first-order valence-corrected chi connectivity index (χ1v) is 8.96. The highest BCUT2D eigenvalue weighted by Crippen LogP contribution is 2.24. The molecule has 0 atom stereocenters. The van der Waals surface area contributed by atoms with Crippen LogP contribution in [0.2, 0.25) is 0 Å². The van der Waals surface area contributed by atoms with Crippen LogP contribution in [0.25, 0.3) is 11.0 Å². The Hall–Kier alpha value is -3.28. The standard InChI is InChI=1S/C21H20N2O4/c24-20(22-13-18-12-15-4-1-2-5-19(15)27-18)14-26-17-9-7-16(8-10-17)23-11-3-6-21(23)25/h1-2,4-5,7-10,12H,3,6,11,13-14H2,(H,22,24). The zero-order chi connectivity index (χ0) is 18.6. The van der Waals surface area contributed by atoms with E-state index >= 15 is 0 Å². The summed E-state index contributed by atoms with van der Waals surface area (Å²) in [5, 5.41) is 3.79. The second kappa shape index (κ2) is 7.53. The minimum atomic E-state index is -0.228. The lowest BCUT2D eigenvalue weighted by molar-refractivity contribution is -0.123. The minimum absolute atomic E-state index is 0.0811. The molecule has 1 fully saturated rings. The number of furan rings is 1. The molecule has 6 nitrogen and oxygen atoms in total. The first kappa shape index (κ1) is 17.1. The van der Waals surface area contributed by atoms with Gasteiger partial charge in [-0.3, -0.25) is 9.59 Å². The molecule has 138 valence electrons. The molecule has 1 aromatic heterocycles. The van der Waals surface area contributed by atoms with Gasteiger partial charge in [0.05, 0.1) is 6.54 Å². The van der Waals surface area contributed by atoms with Gasteiger partial charge in [0, 0.05) is 24.0 Å². The smallest absolute Gasteiger partial charge is 0.258 e. The number of fused-ring (bicyclic) bond motifs is 1. The molecular weight excluding hydrogens is 344 g/mol. The van der Waals surface area contributed by atoms with Crippen molar-refractivity contribution in [2.75, 3.05) is 18.1 Å². The van der Waals surface area contributed by atoms with Crippen LogP contribution in [0.4, 0.5) is 5.69 Å². The van der Waals surface area contributed by atoms with Crippen LogP contribution in [0.3, 0.4) is 0 Å². The number of benzene rings is 2. The van der Waals surface area contributed by atoms with E-state index in [1.54, 1.807) is 17.0 Å². The topological polar surface area (TPSA) is 71.8 Å². The van der Waals surface area contributed by atoms with Crippen molar-refractivity contribution in [2.24, 2.45) is 0 Å². The van der Waals surface area contributed by atoms with Gasteiger partial charge in [0.1, 0.15) is 17.1 Å².